The number of aromatic nitrogens is 3. The smallest absolute Gasteiger partial charge is 0.319 e. The number of hydrogen-bond acceptors (Lipinski definition) is 8. The molecule has 11 heteroatoms. The number of benzene rings is 2. The Balaban J connectivity index is 1.20. The fraction of sp³-hybridized carbons (Fsp3) is 0.472. The Morgan fingerprint density at radius 2 is 2.02 bits per heavy atom. The molecule has 0 radical (unpaired) electrons. The van der Waals surface area contributed by atoms with E-state index in [1.807, 2.05) is 4.90 Å². The summed E-state index contributed by atoms with van der Waals surface area (Å²) in [6.45, 7) is 5.83. The molecular weight excluding hydrogens is 605 g/mol. The van der Waals surface area contributed by atoms with E-state index >= 15 is 8.78 Å². The summed E-state index contributed by atoms with van der Waals surface area (Å²) in [5, 5.41) is 1.21. The highest BCUT2D eigenvalue weighted by Gasteiger charge is 2.68. The number of nitrogens with zero attached hydrogens (tertiary/aromatic N) is 5. The molecule has 5 atom stereocenters. The molecule has 2 saturated carbocycles. The number of hydrogen-bond donors (Lipinski definition) is 1. The molecule has 0 unspecified atom stereocenters. The van der Waals surface area contributed by atoms with Crippen molar-refractivity contribution >= 4 is 33.2 Å². The first-order valence-corrected chi connectivity index (χ1v) is 16.4. The van der Waals surface area contributed by atoms with Gasteiger partial charge in [0.15, 0.2) is 5.82 Å². The van der Waals surface area contributed by atoms with Crippen molar-refractivity contribution in [1.82, 2.24) is 19.9 Å². The van der Waals surface area contributed by atoms with Crippen LogP contribution >= 0.6 is 0 Å². The largest absolute Gasteiger partial charge is 0.461 e. The van der Waals surface area contributed by atoms with Gasteiger partial charge in [-0.05, 0) is 67.1 Å². The van der Waals surface area contributed by atoms with Crippen LogP contribution in [-0.4, -0.2) is 77.1 Å². The van der Waals surface area contributed by atoms with Crippen molar-refractivity contribution in [2.24, 2.45) is 17.3 Å². The summed E-state index contributed by atoms with van der Waals surface area (Å²) >= 11 is 0. The predicted octanol–water partition coefficient (Wildman–Crippen LogP) is 5.50. The van der Waals surface area contributed by atoms with E-state index in [9.17, 15) is 4.39 Å². The van der Waals surface area contributed by atoms with Gasteiger partial charge in [-0.2, -0.15) is 9.97 Å². The number of rotatable bonds is 5. The predicted molar refractivity (Wildman–Crippen MR) is 173 cm³/mol. The number of alkyl halides is 1. The second-order valence-electron chi connectivity index (χ2n) is 14.2. The molecule has 242 valence electrons. The maximum Gasteiger partial charge on any atom is 0.319 e. The molecule has 4 aromatic rings. The molecule has 8 nitrogen and oxygen atoms in total. The third-order valence-electron chi connectivity index (χ3n) is 11.5. The maximum absolute atomic E-state index is 17.0. The van der Waals surface area contributed by atoms with E-state index < -0.39 is 23.8 Å². The molecule has 5 heterocycles. The van der Waals surface area contributed by atoms with Crippen molar-refractivity contribution in [3.63, 3.8) is 0 Å². The first-order valence-electron chi connectivity index (χ1n) is 16.4. The van der Waals surface area contributed by atoms with E-state index in [0.717, 1.165) is 25.9 Å². The van der Waals surface area contributed by atoms with Crippen LogP contribution in [0.1, 0.15) is 38.2 Å². The molecule has 3 saturated heterocycles. The first kappa shape index (κ1) is 29.0. The number of nitrogens with two attached hydrogens (primary N) is 1. The summed E-state index contributed by atoms with van der Waals surface area (Å²) < 4.78 is 59.1. The highest BCUT2D eigenvalue weighted by atomic mass is 19.1. The van der Waals surface area contributed by atoms with E-state index in [1.54, 1.807) is 12.1 Å². The van der Waals surface area contributed by atoms with E-state index in [4.69, 9.17) is 26.6 Å². The molecule has 2 aromatic heterocycles. The monoisotopic (exact) mass is 640 g/mol. The summed E-state index contributed by atoms with van der Waals surface area (Å²) in [5.74, 6) is 1.67. The second-order valence-corrected chi connectivity index (χ2v) is 14.2. The van der Waals surface area contributed by atoms with Crippen molar-refractivity contribution in [1.29, 1.82) is 0 Å². The third-order valence-corrected chi connectivity index (χ3v) is 11.5. The molecule has 9 rings (SSSR count). The van der Waals surface area contributed by atoms with Gasteiger partial charge in [-0.1, -0.05) is 18.9 Å². The zero-order chi connectivity index (χ0) is 32.2. The van der Waals surface area contributed by atoms with Crippen molar-refractivity contribution in [2.45, 2.75) is 50.4 Å². The summed E-state index contributed by atoms with van der Waals surface area (Å²) in [5.41, 5.74) is 6.84. The van der Waals surface area contributed by atoms with Gasteiger partial charge in [0.2, 0.25) is 0 Å². The molecule has 1 spiro atoms. The first-order chi connectivity index (χ1) is 22.7. The fourth-order valence-corrected chi connectivity index (χ4v) is 9.09. The van der Waals surface area contributed by atoms with Crippen LogP contribution in [0.5, 0.6) is 6.01 Å². The highest BCUT2D eigenvalue weighted by Crippen LogP contribution is 2.66. The van der Waals surface area contributed by atoms with Gasteiger partial charge >= 0.3 is 6.01 Å². The third kappa shape index (κ3) is 4.20. The van der Waals surface area contributed by atoms with Gasteiger partial charge in [0.1, 0.15) is 35.6 Å². The molecule has 47 heavy (non-hydrogen) atoms. The number of pyridine rings is 1. The van der Waals surface area contributed by atoms with Crippen LogP contribution in [0.3, 0.4) is 0 Å². The highest BCUT2D eigenvalue weighted by molar-refractivity contribution is 6.03. The lowest BCUT2D eigenvalue weighted by molar-refractivity contribution is 0.0642. The quantitative estimate of drug-likeness (QED) is 0.226. The van der Waals surface area contributed by atoms with Gasteiger partial charge in [-0.25, -0.2) is 13.2 Å². The van der Waals surface area contributed by atoms with Crippen LogP contribution in [0.15, 0.2) is 30.5 Å². The van der Waals surface area contributed by atoms with Gasteiger partial charge in [-0.3, -0.25) is 9.88 Å². The average molecular weight is 641 g/mol. The van der Waals surface area contributed by atoms with Gasteiger partial charge in [0, 0.05) is 41.8 Å². The van der Waals surface area contributed by atoms with Crippen LogP contribution < -0.4 is 15.4 Å². The molecule has 3 aliphatic heterocycles. The Bertz CT molecular complexity index is 2010. The number of terminal acetylenes is 1. The maximum atomic E-state index is 17.0. The normalized spacial score (nSPS) is 29.1. The van der Waals surface area contributed by atoms with Crippen molar-refractivity contribution in [3.8, 4) is 29.6 Å². The Kier molecular flexibility index (Phi) is 6.29. The van der Waals surface area contributed by atoms with E-state index in [0.29, 0.717) is 59.9 Å². The summed E-state index contributed by atoms with van der Waals surface area (Å²) in [6.07, 6.45) is 10.7. The Labute approximate surface area is 270 Å². The van der Waals surface area contributed by atoms with Crippen LogP contribution in [0, 0.1) is 41.2 Å². The minimum absolute atomic E-state index is 0.00954. The zero-order valence-corrected chi connectivity index (χ0v) is 26.1. The standard InChI is InChI=1S/C36H35F3N6O2/c1-3-22-26(37)5-4-20-12-21(40)13-23(27(20)22)30-29(39)31-24(15-41-30)33(45-10-11-46-17-25-28(38)32(25)45)43-34(42-31)47-18-36-14-19(2)16-44(36)9-8-35(36)6-7-35/h1,4-5,12-13,15,19,25,28,32H,6-11,14,16-18,40H2,2H3/t19-,25+,28+,32+,36+/m1/s1. The van der Waals surface area contributed by atoms with Crippen molar-refractivity contribution in [3.05, 3.63) is 47.7 Å². The molecule has 0 amide bonds. The zero-order valence-electron chi connectivity index (χ0n) is 26.1. The fourth-order valence-electron chi connectivity index (χ4n) is 9.09. The summed E-state index contributed by atoms with van der Waals surface area (Å²) in [4.78, 5) is 18.4. The molecule has 5 aliphatic rings. The number of halogens is 3. The second kappa shape index (κ2) is 10.2. The Hall–Kier alpha value is -4.14. The Morgan fingerprint density at radius 1 is 1.17 bits per heavy atom. The van der Waals surface area contributed by atoms with Gasteiger partial charge < -0.3 is 20.1 Å². The van der Waals surface area contributed by atoms with E-state index in [1.165, 1.54) is 31.2 Å². The number of fused-ring (bicyclic) bond motifs is 5. The lowest BCUT2D eigenvalue weighted by atomic mass is 9.79. The van der Waals surface area contributed by atoms with Crippen molar-refractivity contribution < 1.29 is 22.6 Å². The van der Waals surface area contributed by atoms with Gasteiger partial charge in [0.25, 0.3) is 0 Å². The van der Waals surface area contributed by atoms with E-state index in [-0.39, 0.29) is 45.2 Å². The summed E-state index contributed by atoms with van der Waals surface area (Å²) in [7, 11) is 0. The number of anilines is 2. The number of nitrogen functional groups attached to an aromatic ring is 1. The number of ether oxygens (including phenoxy) is 2. The minimum Gasteiger partial charge on any atom is -0.461 e. The van der Waals surface area contributed by atoms with Gasteiger partial charge in [0.05, 0.1) is 35.7 Å². The van der Waals surface area contributed by atoms with Gasteiger partial charge in [-0.15, -0.1) is 6.42 Å². The molecular formula is C36H35F3N6O2. The SMILES string of the molecule is C#Cc1c(F)ccc2cc(N)cc(-c3ncc4c(N5CCOC[C@H]6[C@H](F)[C@H]65)nc(OC[C@]56C[C@@H](C)CN5CCC65CC5)nc4c3F)c12. The summed E-state index contributed by atoms with van der Waals surface area (Å²) in [6, 6.07) is 5.61. The topological polar surface area (TPSA) is 89.6 Å². The average Bonchev–Trinajstić information content (AvgIpc) is 3.93. The van der Waals surface area contributed by atoms with Crippen LogP contribution in [0.2, 0.25) is 0 Å². The minimum atomic E-state index is -1.09. The Morgan fingerprint density at radius 3 is 2.83 bits per heavy atom. The lowest BCUT2D eigenvalue weighted by Gasteiger charge is -2.37. The molecule has 0 bridgehead atoms. The van der Waals surface area contributed by atoms with Crippen LogP contribution in [0.4, 0.5) is 24.7 Å². The van der Waals surface area contributed by atoms with Crippen LogP contribution in [-0.2, 0) is 4.74 Å². The molecule has 5 fully saturated rings. The van der Waals surface area contributed by atoms with Crippen LogP contribution in [0.25, 0.3) is 32.9 Å². The lowest BCUT2D eigenvalue weighted by Crippen LogP contribution is -2.49. The molecule has 2 N–H and O–H groups in total. The molecule has 2 aromatic carbocycles. The van der Waals surface area contributed by atoms with E-state index in [2.05, 4.69) is 27.7 Å². The van der Waals surface area contributed by atoms with Crippen molar-refractivity contribution in [2.75, 3.05) is 50.1 Å². The molecule has 2 aliphatic carbocycles.